The Balaban J connectivity index is 2.82. The van der Waals surface area contributed by atoms with Crippen LogP contribution >= 0.6 is 0 Å². The van der Waals surface area contributed by atoms with Crippen LogP contribution in [0.25, 0.3) is 0 Å². The minimum Gasteiger partial charge on any atom is -0.478 e. The molecule has 0 aliphatic heterocycles. The Morgan fingerprint density at radius 3 is 2.35 bits per heavy atom. The Morgan fingerprint density at radius 2 is 1.94 bits per heavy atom. The Kier molecular flexibility index (Phi) is 4.02. The summed E-state index contributed by atoms with van der Waals surface area (Å²) in [4.78, 5) is 10.7. The molecule has 0 bridgehead atoms. The lowest BCUT2D eigenvalue weighted by atomic mass is 9.94. The Labute approximate surface area is 99.0 Å². The molecule has 0 saturated heterocycles. The number of carboxylic acids is 1. The van der Waals surface area contributed by atoms with Crippen molar-refractivity contribution in [2.75, 3.05) is 0 Å². The average molecular weight is 226 g/mol. The topological polar surface area (TPSA) is 84.9 Å². The van der Waals surface area contributed by atoms with E-state index in [1.54, 1.807) is 24.3 Å². The van der Waals surface area contributed by atoms with E-state index in [-0.39, 0.29) is 12.0 Å². The second-order valence-electron chi connectivity index (χ2n) is 3.52. The van der Waals surface area contributed by atoms with Gasteiger partial charge in [0.05, 0.1) is 23.6 Å². The van der Waals surface area contributed by atoms with Gasteiger partial charge in [0.15, 0.2) is 0 Å². The second-order valence-corrected chi connectivity index (χ2v) is 3.52. The molecular formula is C13H10N2O2. The SMILES string of the molecule is C=C(C(=O)O)C(C#N)Cc1ccc(C#N)cc1. The molecule has 4 nitrogen and oxygen atoms in total. The molecule has 0 aliphatic rings. The summed E-state index contributed by atoms with van der Waals surface area (Å²) in [5.41, 5.74) is 1.22. The number of benzene rings is 1. The van der Waals surface area contributed by atoms with Crippen molar-refractivity contribution in [1.82, 2.24) is 0 Å². The summed E-state index contributed by atoms with van der Waals surface area (Å²) in [6.45, 7) is 3.38. The quantitative estimate of drug-likeness (QED) is 0.794. The lowest BCUT2D eigenvalue weighted by Gasteiger charge is -2.08. The first-order valence-corrected chi connectivity index (χ1v) is 4.89. The predicted molar refractivity (Wildman–Crippen MR) is 60.7 cm³/mol. The summed E-state index contributed by atoms with van der Waals surface area (Å²) in [7, 11) is 0. The molecule has 0 saturated carbocycles. The first kappa shape index (κ1) is 12.5. The Bertz CT molecular complexity index is 518. The highest BCUT2D eigenvalue weighted by molar-refractivity contribution is 5.87. The third-order valence-corrected chi connectivity index (χ3v) is 2.37. The van der Waals surface area contributed by atoms with Crippen molar-refractivity contribution in [2.24, 2.45) is 5.92 Å². The van der Waals surface area contributed by atoms with Crippen molar-refractivity contribution in [3.63, 3.8) is 0 Å². The fourth-order valence-corrected chi connectivity index (χ4v) is 1.35. The molecule has 0 heterocycles. The van der Waals surface area contributed by atoms with Crippen LogP contribution in [0, 0.1) is 28.6 Å². The molecule has 0 spiro atoms. The maximum Gasteiger partial charge on any atom is 0.332 e. The number of hydrogen-bond donors (Lipinski definition) is 1. The molecular weight excluding hydrogens is 216 g/mol. The van der Waals surface area contributed by atoms with Crippen molar-refractivity contribution in [3.8, 4) is 12.1 Å². The van der Waals surface area contributed by atoms with E-state index in [0.29, 0.717) is 5.56 Å². The molecule has 1 aromatic carbocycles. The number of rotatable bonds is 4. The van der Waals surface area contributed by atoms with E-state index in [1.807, 2.05) is 12.1 Å². The molecule has 0 radical (unpaired) electrons. The number of carbonyl (C=O) groups is 1. The summed E-state index contributed by atoms with van der Waals surface area (Å²) < 4.78 is 0. The Morgan fingerprint density at radius 1 is 1.35 bits per heavy atom. The number of nitrogens with zero attached hydrogens (tertiary/aromatic N) is 2. The summed E-state index contributed by atoms with van der Waals surface area (Å²) in [6.07, 6.45) is 0.285. The third-order valence-electron chi connectivity index (χ3n) is 2.37. The molecule has 84 valence electrons. The second kappa shape index (κ2) is 5.48. The van der Waals surface area contributed by atoms with Crippen molar-refractivity contribution in [3.05, 3.63) is 47.5 Å². The van der Waals surface area contributed by atoms with Crippen molar-refractivity contribution < 1.29 is 9.90 Å². The van der Waals surface area contributed by atoms with Gasteiger partial charge in [-0.15, -0.1) is 0 Å². The highest BCUT2D eigenvalue weighted by Gasteiger charge is 2.18. The van der Waals surface area contributed by atoms with Crippen molar-refractivity contribution in [1.29, 1.82) is 10.5 Å². The van der Waals surface area contributed by atoms with Gasteiger partial charge in [-0.1, -0.05) is 18.7 Å². The highest BCUT2D eigenvalue weighted by atomic mass is 16.4. The van der Waals surface area contributed by atoms with E-state index in [4.69, 9.17) is 15.6 Å². The monoisotopic (exact) mass is 226 g/mol. The van der Waals surface area contributed by atoms with Crippen LogP contribution in [0.15, 0.2) is 36.4 Å². The van der Waals surface area contributed by atoms with Crippen LogP contribution in [0.5, 0.6) is 0 Å². The molecule has 1 unspecified atom stereocenters. The van der Waals surface area contributed by atoms with E-state index >= 15 is 0 Å². The van der Waals surface area contributed by atoms with Gasteiger partial charge in [-0.2, -0.15) is 10.5 Å². The van der Waals surface area contributed by atoms with Crippen molar-refractivity contribution in [2.45, 2.75) is 6.42 Å². The van der Waals surface area contributed by atoms with E-state index in [1.165, 1.54) is 0 Å². The van der Waals surface area contributed by atoms with Gasteiger partial charge < -0.3 is 5.11 Å². The van der Waals surface area contributed by atoms with Gasteiger partial charge in [0.25, 0.3) is 0 Å². The van der Waals surface area contributed by atoms with E-state index < -0.39 is 11.9 Å². The lowest BCUT2D eigenvalue weighted by molar-refractivity contribution is -0.133. The van der Waals surface area contributed by atoms with Gasteiger partial charge in [0.2, 0.25) is 0 Å². The maximum absolute atomic E-state index is 10.7. The third kappa shape index (κ3) is 3.19. The van der Waals surface area contributed by atoms with Gasteiger partial charge in [-0.05, 0) is 24.1 Å². The van der Waals surface area contributed by atoms with E-state index in [0.717, 1.165) is 5.56 Å². The largest absolute Gasteiger partial charge is 0.478 e. The van der Waals surface area contributed by atoms with E-state index in [2.05, 4.69) is 6.58 Å². The first-order valence-electron chi connectivity index (χ1n) is 4.89. The minimum atomic E-state index is -1.16. The van der Waals surface area contributed by atoms with Gasteiger partial charge in [0.1, 0.15) is 0 Å². The van der Waals surface area contributed by atoms with Crippen LogP contribution in [0.3, 0.4) is 0 Å². The number of carboxylic acid groups (broad SMARTS) is 1. The van der Waals surface area contributed by atoms with Gasteiger partial charge in [-0.3, -0.25) is 0 Å². The number of nitriles is 2. The Hall–Kier alpha value is -2.59. The fourth-order valence-electron chi connectivity index (χ4n) is 1.35. The molecule has 0 fully saturated rings. The molecule has 0 aromatic heterocycles. The molecule has 0 amide bonds. The molecule has 1 rings (SSSR count). The minimum absolute atomic E-state index is 0.114. The molecule has 17 heavy (non-hydrogen) atoms. The summed E-state index contributed by atoms with van der Waals surface area (Å²) in [5, 5.41) is 26.3. The maximum atomic E-state index is 10.7. The van der Waals surface area contributed by atoms with Gasteiger partial charge in [-0.25, -0.2) is 4.79 Å². The van der Waals surface area contributed by atoms with Crippen molar-refractivity contribution >= 4 is 5.97 Å². The predicted octanol–water partition coefficient (Wildman–Crippen LogP) is 1.88. The normalized spacial score (nSPS) is 10.9. The zero-order chi connectivity index (χ0) is 12.8. The van der Waals surface area contributed by atoms with Crippen LogP contribution < -0.4 is 0 Å². The molecule has 4 heteroatoms. The zero-order valence-corrected chi connectivity index (χ0v) is 9.05. The number of aliphatic carboxylic acids is 1. The van der Waals surface area contributed by atoms with Crippen LogP contribution in [-0.4, -0.2) is 11.1 Å². The highest BCUT2D eigenvalue weighted by Crippen LogP contribution is 2.16. The molecule has 1 aromatic rings. The molecule has 1 N–H and O–H groups in total. The molecule has 0 aliphatic carbocycles. The van der Waals surface area contributed by atoms with Crippen LogP contribution in [0.1, 0.15) is 11.1 Å². The molecule has 1 atom stereocenters. The van der Waals surface area contributed by atoms with E-state index in [9.17, 15) is 4.79 Å². The fraction of sp³-hybridized carbons (Fsp3) is 0.154. The number of hydrogen-bond acceptors (Lipinski definition) is 3. The van der Waals surface area contributed by atoms with Crippen LogP contribution in [-0.2, 0) is 11.2 Å². The average Bonchev–Trinajstić information content (AvgIpc) is 2.35. The standard InChI is InChI=1S/C13H10N2O2/c1-9(13(16)17)12(8-15)6-10-2-4-11(7-14)5-3-10/h2-5,12H,1,6H2,(H,16,17). The van der Waals surface area contributed by atoms with Crippen LogP contribution in [0.2, 0.25) is 0 Å². The van der Waals surface area contributed by atoms with Crippen LogP contribution in [0.4, 0.5) is 0 Å². The summed E-state index contributed by atoms with van der Waals surface area (Å²) >= 11 is 0. The lowest BCUT2D eigenvalue weighted by Crippen LogP contribution is -2.12. The summed E-state index contributed by atoms with van der Waals surface area (Å²) in [6, 6.07) is 10.6. The summed E-state index contributed by atoms with van der Waals surface area (Å²) in [5.74, 6) is -1.91. The zero-order valence-electron chi connectivity index (χ0n) is 9.05. The van der Waals surface area contributed by atoms with Gasteiger partial charge in [0, 0.05) is 5.57 Å². The first-order chi connectivity index (χ1) is 8.08. The smallest absolute Gasteiger partial charge is 0.332 e. The van der Waals surface area contributed by atoms with Gasteiger partial charge >= 0.3 is 5.97 Å².